The second-order valence-electron chi connectivity index (χ2n) is 5.26. The highest BCUT2D eigenvalue weighted by molar-refractivity contribution is 8.00. The number of primary amides is 1. The molecule has 2 amide bonds. The second kappa shape index (κ2) is 7.92. The van der Waals surface area contributed by atoms with Crippen LogP contribution in [-0.4, -0.2) is 27.0 Å². The second-order valence-corrected chi connectivity index (χ2v) is 6.64. The minimum atomic E-state index is -0.424. The number of nitrogens with zero attached hydrogens (tertiary/aromatic N) is 2. The summed E-state index contributed by atoms with van der Waals surface area (Å²) in [5, 5.41) is 2.37. The summed E-state index contributed by atoms with van der Waals surface area (Å²) < 4.78 is 0. The molecule has 0 aliphatic carbocycles. The van der Waals surface area contributed by atoms with Gasteiger partial charge in [0.2, 0.25) is 5.91 Å². The lowest BCUT2D eigenvalue weighted by atomic mass is 10.2. The van der Waals surface area contributed by atoms with E-state index in [1.165, 1.54) is 11.8 Å². The number of amides is 2. The Hall–Kier alpha value is -2.41. The van der Waals surface area contributed by atoms with Crippen molar-refractivity contribution in [2.24, 2.45) is 5.73 Å². The van der Waals surface area contributed by atoms with Gasteiger partial charge in [-0.15, -0.1) is 11.8 Å². The fourth-order valence-electron chi connectivity index (χ4n) is 2.06. The maximum atomic E-state index is 12.6. The van der Waals surface area contributed by atoms with Crippen molar-refractivity contribution in [3.05, 3.63) is 47.4 Å². The van der Waals surface area contributed by atoms with Crippen LogP contribution in [0, 0.1) is 6.92 Å². The van der Waals surface area contributed by atoms with Crippen LogP contribution >= 0.6 is 11.8 Å². The summed E-state index contributed by atoms with van der Waals surface area (Å²) in [5.41, 5.74) is 6.65. The average molecular weight is 344 g/mol. The van der Waals surface area contributed by atoms with Crippen LogP contribution in [0.15, 0.2) is 35.2 Å². The Morgan fingerprint density at radius 1 is 1.29 bits per heavy atom. The minimum absolute atomic E-state index is 0.282. The predicted molar refractivity (Wildman–Crippen MR) is 95.1 cm³/mol. The number of carbonyl (C=O) groups excluding carboxylic acids is 2. The molecule has 0 aliphatic rings. The Labute approximate surface area is 145 Å². The maximum absolute atomic E-state index is 12.6. The van der Waals surface area contributed by atoms with Gasteiger partial charge in [0.15, 0.2) is 0 Å². The summed E-state index contributed by atoms with van der Waals surface area (Å²) in [7, 11) is 0. The Morgan fingerprint density at radius 2 is 2.00 bits per heavy atom. The van der Waals surface area contributed by atoms with Crippen molar-refractivity contribution in [1.29, 1.82) is 0 Å². The monoisotopic (exact) mass is 344 g/mol. The summed E-state index contributed by atoms with van der Waals surface area (Å²) in [5.74, 6) is 0.367. The largest absolute Gasteiger partial charge is 0.369 e. The quantitative estimate of drug-likeness (QED) is 0.785. The van der Waals surface area contributed by atoms with E-state index in [9.17, 15) is 9.59 Å². The molecule has 0 aliphatic heterocycles. The molecule has 0 saturated carbocycles. The van der Waals surface area contributed by atoms with Crippen molar-refractivity contribution < 1.29 is 9.59 Å². The number of nitrogens with one attached hydrogen (secondary N) is 1. The summed E-state index contributed by atoms with van der Waals surface area (Å²) in [4.78, 5) is 33.1. The Balaban J connectivity index is 2.24. The number of carbonyl (C=O) groups is 2. The molecule has 0 spiro atoms. The fraction of sp³-hybridized carbons (Fsp3) is 0.294. The van der Waals surface area contributed by atoms with Gasteiger partial charge in [-0.25, -0.2) is 9.97 Å². The van der Waals surface area contributed by atoms with E-state index in [1.807, 2.05) is 13.0 Å². The highest BCUT2D eigenvalue weighted by atomic mass is 32.2. The van der Waals surface area contributed by atoms with E-state index in [0.29, 0.717) is 22.1 Å². The van der Waals surface area contributed by atoms with E-state index in [1.54, 1.807) is 38.1 Å². The van der Waals surface area contributed by atoms with Crippen LogP contribution in [0.2, 0.25) is 0 Å². The van der Waals surface area contributed by atoms with Crippen LogP contribution in [-0.2, 0) is 11.2 Å². The number of aryl methyl sites for hydroxylation is 2. The number of nitrogens with two attached hydrogens (primary N) is 1. The molecule has 2 rings (SSSR count). The number of aromatic nitrogens is 2. The zero-order valence-corrected chi connectivity index (χ0v) is 14.7. The summed E-state index contributed by atoms with van der Waals surface area (Å²) in [6.45, 7) is 5.49. The number of rotatable bonds is 6. The van der Waals surface area contributed by atoms with E-state index in [-0.39, 0.29) is 5.91 Å². The molecule has 0 fully saturated rings. The molecule has 1 aromatic carbocycles. The average Bonchev–Trinajstić information content (AvgIpc) is 2.54. The summed E-state index contributed by atoms with van der Waals surface area (Å²) in [6.07, 6.45) is 0.759. The van der Waals surface area contributed by atoms with E-state index < -0.39 is 11.2 Å². The van der Waals surface area contributed by atoms with Gasteiger partial charge in [-0.05, 0) is 32.4 Å². The lowest BCUT2D eigenvalue weighted by Gasteiger charge is -2.12. The molecule has 2 aromatic rings. The van der Waals surface area contributed by atoms with Crippen LogP contribution in [0.4, 0.5) is 5.82 Å². The molecule has 0 radical (unpaired) electrons. The van der Waals surface area contributed by atoms with Crippen molar-refractivity contribution in [3.63, 3.8) is 0 Å². The Morgan fingerprint density at radius 3 is 2.67 bits per heavy atom. The lowest BCUT2D eigenvalue weighted by Crippen LogP contribution is -2.23. The smallest absolute Gasteiger partial charge is 0.257 e. The van der Waals surface area contributed by atoms with Crippen molar-refractivity contribution in [2.45, 2.75) is 37.3 Å². The van der Waals surface area contributed by atoms with Crippen molar-refractivity contribution in [2.75, 3.05) is 5.32 Å². The van der Waals surface area contributed by atoms with Gasteiger partial charge in [-0.2, -0.15) is 0 Å². The molecule has 3 N–H and O–H groups in total. The molecule has 126 valence electrons. The van der Waals surface area contributed by atoms with Crippen LogP contribution in [0.25, 0.3) is 0 Å². The number of anilines is 1. The van der Waals surface area contributed by atoms with Gasteiger partial charge in [0.25, 0.3) is 5.91 Å². The highest BCUT2D eigenvalue weighted by Gasteiger charge is 2.17. The molecule has 1 aromatic heterocycles. The molecule has 24 heavy (non-hydrogen) atoms. The molecule has 1 atom stereocenters. The molecular weight excluding hydrogens is 324 g/mol. The SMILES string of the molecule is CCc1cc(NC(=O)c2ccccc2S[C@@H](C)C(N)=O)nc(C)n1. The summed E-state index contributed by atoms with van der Waals surface area (Å²) in [6, 6.07) is 8.85. The fourth-order valence-corrected chi connectivity index (χ4v) is 3.01. The third-order valence-electron chi connectivity index (χ3n) is 3.33. The summed E-state index contributed by atoms with van der Waals surface area (Å²) >= 11 is 1.26. The molecule has 7 heteroatoms. The Bertz CT molecular complexity index is 764. The number of thioether (sulfide) groups is 1. The van der Waals surface area contributed by atoms with Gasteiger partial charge < -0.3 is 11.1 Å². The van der Waals surface area contributed by atoms with Crippen LogP contribution in [0.3, 0.4) is 0 Å². The van der Waals surface area contributed by atoms with E-state index in [0.717, 1.165) is 12.1 Å². The third-order valence-corrected chi connectivity index (χ3v) is 4.53. The van der Waals surface area contributed by atoms with Gasteiger partial charge >= 0.3 is 0 Å². The normalized spacial score (nSPS) is 11.8. The predicted octanol–water partition coefficient (Wildman–Crippen LogP) is 2.57. The van der Waals surface area contributed by atoms with Gasteiger partial charge in [0.05, 0.1) is 10.8 Å². The molecular formula is C17H20N4O2S. The van der Waals surface area contributed by atoms with Crippen molar-refractivity contribution in [1.82, 2.24) is 9.97 Å². The minimum Gasteiger partial charge on any atom is -0.369 e. The first-order chi connectivity index (χ1) is 11.4. The molecule has 1 heterocycles. The van der Waals surface area contributed by atoms with Crippen LogP contribution < -0.4 is 11.1 Å². The van der Waals surface area contributed by atoms with Gasteiger partial charge in [0.1, 0.15) is 11.6 Å². The van der Waals surface area contributed by atoms with Crippen molar-refractivity contribution in [3.8, 4) is 0 Å². The highest BCUT2D eigenvalue weighted by Crippen LogP contribution is 2.27. The standard InChI is InChI=1S/C17H20N4O2S/c1-4-12-9-15(20-11(3)19-12)21-17(23)13-7-5-6-8-14(13)24-10(2)16(18)22/h5-10H,4H2,1-3H3,(H2,18,22)(H,19,20,21,23)/t10-/m0/s1. The topological polar surface area (TPSA) is 98.0 Å². The van der Waals surface area contributed by atoms with Gasteiger partial charge in [-0.3, -0.25) is 9.59 Å². The lowest BCUT2D eigenvalue weighted by molar-refractivity contribution is -0.117. The molecule has 0 bridgehead atoms. The molecule has 6 nitrogen and oxygen atoms in total. The van der Waals surface area contributed by atoms with E-state index >= 15 is 0 Å². The molecule has 0 unspecified atom stereocenters. The number of hydrogen-bond acceptors (Lipinski definition) is 5. The third kappa shape index (κ3) is 4.55. The van der Waals surface area contributed by atoms with Crippen molar-refractivity contribution >= 4 is 29.4 Å². The number of hydrogen-bond donors (Lipinski definition) is 2. The first kappa shape index (κ1) is 17.9. The maximum Gasteiger partial charge on any atom is 0.257 e. The van der Waals surface area contributed by atoms with Crippen LogP contribution in [0.1, 0.15) is 35.7 Å². The zero-order chi connectivity index (χ0) is 17.7. The van der Waals surface area contributed by atoms with E-state index in [4.69, 9.17) is 5.73 Å². The van der Waals surface area contributed by atoms with E-state index in [2.05, 4.69) is 15.3 Å². The first-order valence-corrected chi connectivity index (χ1v) is 8.49. The van der Waals surface area contributed by atoms with Gasteiger partial charge in [-0.1, -0.05) is 19.1 Å². The Kier molecular flexibility index (Phi) is 5.92. The number of benzene rings is 1. The zero-order valence-electron chi connectivity index (χ0n) is 13.9. The first-order valence-electron chi connectivity index (χ1n) is 7.61. The van der Waals surface area contributed by atoms with Crippen LogP contribution in [0.5, 0.6) is 0 Å². The van der Waals surface area contributed by atoms with Gasteiger partial charge in [0, 0.05) is 16.7 Å². The molecule has 0 saturated heterocycles.